The minimum Gasteiger partial charge on any atom is -0.436 e. The molecule has 166 valence electrons. The van der Waals surface area contributed by atoms with Gasteiger partial charge in [0, 0.05) is 5.56 Å². The number of oxazole rings is 1. The van der Waals surface area contributed by atoms with Gasteiger partial charge in [0.1, 0.15) is 5.52 Å². The van der Waals surface area contributed by atoms with E-state index in [1.807, 2.05) is 51.1 Å². The average molecular weight is 439 g/mol. The van der Waals surface area contributed by atoms with Crippen LogP contribution >= 0.6 is 0 Å². The summed E-state index contributed by atoms with van der Waals surface area (Å²) >= 11 is 0. The number of rotatable bonds is 2. The molecule has 0 aliphatic carbocycles. The Kier molecular flexibility index (Phi) is 4.57. The fourth-order valence-corrected chi connectivity index (χ4v) is 4.62. The molecule has 5 rings (SSSR count). The molecule has 3 aromatic carbocycles. The highest BCUT2D eigenvalue weighted by atomic mass is 16.3. The smallest absolute Gasteiger partial charge is 0.266 e. The van der Waals surface area contributed by atoms with Crippen molar-refractivity contribution in [2.45, 2.75) is 47.0 Å². The first-order valence-corrected chi connectivity index (χ1v) is 11.1. The molecule has 0 unspecified atom stereocenters. The molecule has 0 spiro atoms. The third kappa shape index (κ3) is 3.35. The van der Waals surface area contributed by atoms with E-state index in [0.717, 1.165) is 22.2 Å². The number of amides is 2. The van der Waals surface area contributed by atoms with Crippen LogP contribution in [-0.4, -0.2) is 16.8 Å². The Hall–Kier alpha value is -3.73. The number of imide groups is 1. The van der Waals surface area contributed by atoms with Crippen LogP contribution in [0.25, 0.3) is 22.6 Å². The molecule has 0 saturated carbocycles. The van der Waals surface area contributed by atoms with E-state index in [-0.39, 0.29) is 17.2 Å². The van der Waals surface area contributed by atoms with Gasteiger partial charge in [-0.1, -0.05) is 44.5 Å². The van der Waals surface area contributed by atoms with Crippen LogP contribution in [0.1, 0.15) is 63.7 Å². The quantitative estimate of drug-likeness (QED) is 0.334. The van der Waals surface area contributed by atoms with Crippen LogP contribution < -0.4 is 4.90 Å². The average Bonchev–Trinajstić information content (AvgIpc) is 3.27. The lowest BCUT2D eigenvalue weighted by molar-refractivity contribution is 0.0925. The lowest BCUT2D eigenvalue weighted by Gasteiger charge is -2.20. The summed E-state index contributed by atoms with van der Waals surface area (Å²) in [5, 5.41) is 0. The Labute approximate surface area is 193 Å². The van der Waals surface area contributed by atoms with Crippen LogP contribution in [0.4, 0.5) is 5.69 Å². The third-order valence-corrected chi connectivity index (χ3v) is 6.25. The number of carbonyl (C=O) groups excluding carboxylic acids is 2. The summed E-state index contributed by atoms with van der Waals surface area (Å²) in [7, 11) is 0. The van der Waals surface area contributed by atoms with Crippen molar-refractivity contribution in [1.82, 2.24) is 4.98 Å². The maximum absolute atomic E-state index is 13.4. The van der Waals surface area contributed by atoms with Gasteiger partial charge in [-0.2, -0.15) is 0 Å². The topological polar surface area (TPSA) is 63.4 Å². The minimum absolute atomic E-state index is 0.00333. The van der Waals surface area contributed by atoms with Gasteiger partial charge >= 0.3 is 0 Å². The predicted molar refractivity (Wildman–Crippen MR) is 130 cm³/mol. The van der Waals surface area contributed by atoms with Crippen LogP contribution in [0.2, 0.25) is 0 Å². The lowest BCUT2D eigenvalue weighted by atomic mass is 9.87. The Balaban J connectivity index is 1.57. The molecule has 0 N–H and O–H groups in total. The molecule has 1 aliphatic heterocycles. The molecule has 0 saturated heterocycles. The maximum atomic E-state index is 13.4. The molecule has 2 amide bonds. The Morgan fingerprint density at radius 3 is 2.15 bits per heavy atom. The first-order chi connectivity index (χ1) is 15.5. The van der Waals surface area contributed by atoms with E-state index >= 15 is 0 Å². The van der Waals surface area contributed by atoms with Crippen LogP contribution in [0, 0.1) is 20.8 Å². The van der Waals surface area contributed by atoms with Crippen molar-refractivity contribution in [3.63, 3.8) is 0 Å². The van der Waals surface area contributed by atoms with Gasteiger partial charge in [-0.05, 0) is 73.2 Å². The first kappa shape index (κ1) is 21.1. The number of aromatic nitrogens is 1. The molecule has 1 aliphatic rings. The van der Waals surface area contributed by atoms with E-state index in [2.05, 4.69) is 25.8 Å². The van der Waals surface area contributed by atoms with Gasteiger partial charge in [-0.3, -0.25) is 9.59 Å². The van der Waals surface area contributed by atoms with Crippen LogP contribution in [-0.2, 0) is 5.41 Å². The molecule has 5 nitrogen and oxygen atoms in total. The highest BCUT2D eigenvalue weighted by Gasteiger charge is 2.38. The number of aryl methyl sites for hydroxylation is 3. The summed E-state index contributed by atoms with van der Waals surface area (Å²) < 4.78 is 5.99. The summed E-state index contributed by atoms with van der Waals surface area (Å²) in [6.45, 7) is 12.3. The summed E-state index contributed by atoms with van der Waals surface area (Å²) in [4.78, 5) is 32.5. The van der Waals surface area contributed by atoms with Crippen molar-refractivity contribution < 1.29 is 14.0 Å². The molecule has 0 atom stereocenters. The van der Waals surface area contributed by atoms with E-state index in [1.54, 1.807) is 18.2 Å². The molecule has 4 aromatic rings. The SMILES string of the molecule is Cc1cc(C)c(N2C(=O)c3ccc(-c4nc5cc(C(C)(C)C)ccc5o4)cc3C2=O)c(C)c1. The Morgan fingerprint density at radius 1 is 0.818 bits per heavy atom. The van der Waals surface area contributed by atoms with E-state index in [1.165, 1.54) is 10.5 Å². The number of hydrogen-bond donors (Lipinski definition) is 0. The van der Waals surface area contributed by atoms with Crippen LogP contribution in [0.15, 0.2) is 52.9 Å². The Bertz CT molecular complexity index is 1450. The van der Waals surface area contributed by atoms with Crippen molar-refractivity contribution in [1.29, 1.82) is 0 Å². The highest BCUT2D eigenvalue weighted by molar-refractivity contribution is 6.35. The largest absolute Gasteiger partial charge is 0.436 e. The zero-order valence-electron chi connectivity index (χ0n) is 19.7. The van der Waals surface area contributed by atoms with Gasteiger partial charge in [-0.25, -0.2) is 9.88 Å². The normalized spacial score (nSPS) is 13.8. The van der Waals surface area contributed by atoms with Gasteiger partial charge < -0.3 is 4.42 Å². The van der Waals surface area contributed by atoms with Crippen molar-refractivity contribution in [3.05, 3.63) is 81.9 Å². The fraction of sp³-hybridized carbons (Fsp3) is 0.250. The van der Waals surface area contributed by atoms with Gasteiger partial charge in [0.2, 0.25) is 5.89 Å². The molecule has 33 heavy (non-hydrogen) atoms. The summed E-state index contributed by atoms with van der Waals surface area (Å²) in [5.74, 6) is -0.192. The minimum atomic E-state index is -0.321. The summed E-state index contributed by atoms with van der Waals surface area (Å²) in [6, 6.07) is 15.2. The first-order valence-electron chi connectivity index (χ1n) is 11.1. The van der Waals surface area contributed by atoms with Crippen molar-refractivity contribution in [2.24, 2.45) is 0 Å². The Morgan fingerprint density at radius 2 is 1.48 bits per heavy atom. The number of benzene rings is 3. The highest BCUT2D eigenvalue weighted by Crippen LogP contribution is 2.36. The molecule has 0 radical (unpaired) electrons. The summed E-state index contributed by atoms with van der Waals surface area (Å²) in [5.41, 5.74) is 7.62. The van der Waals surface area contributed by atoms with Gasteiger partial charge in [0.05, 0.1) is 16.8 Å². The summed E-state index contributed by atoms with van der Waals surface area (Å²) in [6.07, 6.45) is 0. The van der Waals surface area contributed by atoms with Crippen LogP contribution in [0.3, 0.4) is 0 Å². The third-order valence-electron chi connectivity index (χ3n) is 6.25. The number of hydrogen-bond acceptors (Lipinski definition) is 4. The number of nitrogens with zero attached hydrogens (tertiary/aromatic N) is 2. The number of carbonyl (C=O) groups is 2. The van der Waals surface area contributed by atoms with Crippen molar-refractivity contribution in [3.8, 4) is 11.5 Å². The van der Waals surface area contributed by atoms with E-state index in [0.29, 0.717) is 33.9 Å². The monoisotopic (exact) mass is 438 g/mol. The van der Waals surface area contributed by atoms with Crippen LogP contribution in [0.5, 0.6) is 0 Å². The van der Waals surface area contributed by atoms with Gasteiger partial charge in [-0.15, -0.1) is 0 Å². The lowest BCUT2D eigenvalue weighted by Crippen LogP contribution is -2.30. The number of anilines is 1. The maximum Gasteiger partial charge on any atom is 0.266 e. The molecular formula is C28H26N2O3. The molecular weight excluding hydrogens is 412 g/mol. The zero-order valence-corrected chi connectivity index (χ0v) is 19.7. The van der Waals surface area contributed by atoms with Gasteiger partial charge in [0.25, 0.3) is 11.8 Å². The predicted octanol–water partition coefficient (Wildman–Crippen LogP) is 6.52. The molecule has 2 heterocycles. The molecule has 1 aromatic heterocycles. The standard InChI is InChI=1S/C28H26N2O3/c1-15-11-16(2)24(17(3)12-15)30-26(31)20-9-7-18(13-21(20)27(30)32)25-29-22-14-19(28(4,5)6)8-10-23(22)33-25/h7-14H,1-6H3. The van der Waals surface area contributed by atoms with E-state index in [4.69, 9.17) is 4.42 Å². The second-order valence-electron chi connectivity index (χ2n) is 9.90. The van der Waals surface area contributed by atoms with Gasteiger partial charge in [0.15, 0.2) is 5.58 Å². The van der Waals surface area contributed by atoms with E-state index < -0.39 is 0 Å². The van der Waals surface area contributed by atoms with E-state index in [9.17, 15) is 9.59 Å². The molecule has 0 fully saturated rings. The second kappa shape index (κ2) is 7.14. The second-order valence-corrected chi connectivity index (χ2v) is 9.90. The molecule has 0 bridgehead atoms. The fourth-order valence-electron chi connectivity index (χ4n) is 4.62. The van der Waals surface area contributed by atoms with Crippen molar-refractivity contribution in [2.75, 3.05) is 4.90 Å². The molecule has 5 heteroatoms. The number of fused-ring (bicyclic) bond motifs is 2. The zero-order chi connectivity index (χ0) is 23.7. The van der Waals surface area contributed by atoms with Crippen molar-refractivity contribution >= 4 is 28.6 Å².